The molecule has 0 saturated heterocycles. The topological polar surface area (TPSA) is 191 Å². The van der Waals surface area contributed by atoms with Crippen LogP contribution >= 0.6 is 0 Å². The van der Waals surface area contributed by atoms with Gasteiger partial charge >= 0.3 is 5.76 Å². The third-order valence-corrected chi connectivity index (χ3v) is 7.17. The molecule has 15 heteroatoms. The van der Waals surface area contributed by atoms with Gasteiger partial charge in [0.15, 0.2) is 11.2 Å². The maximum Gasteiger partial charge on any atom is 0.419 e. The summed E-state index contributed by atoms with van der Waals surface area (Å²) in [6.07, 6.45) is 2.87. The number of aromatic nitrogens is 9. The molecule has 0 spiro atoms. The minimum absolute atomic E-state index is 0.0663. The molecule has 6 aromatic rings. The van der Waals surface area contributed by atoms with Gasteiger partial charge in [0.2, 0.25) is 5.82 Å². The number of hydrogen-bond acceptors (Lipinski definition) is 10. The van der Waals surface area contributed by atoms with Crippen LogP contribution in [0.1, 0.15) is 50.1 Å². The first kappa shape index (κ1) is 24.3. The van der Waals surface area contributed by atoms with Crippen LogP contribution in [-0.4, -0.2) is 56.8 Å². The van der Waals surface area contributed by atoms with Crippen molar-refractivity contribution in [3.63, 3.8) is 0 Å². The Morgan fingerprint density at radius 2 is 2.05 bits per heavy atom. The molecule has 4 aromatic heterocycles. The lowest BCUT2D eigenvalue weighted by Gasteiger charge is -2.15. The molecule has 2 aromatic carbocycles. The molecule has 7 rings (SSSR count). The van der Waals surface area contributed by atoms with Crippen molar-refractivity contribution in [1.29, 1.82) is 0 Å². The van der Waals surface area contributed by atoms with E-state index < -0.39 is 17.6 Å². The number of tetrazole rings is 1. The molecular formula is C26H21N11O4. The Morgan fingerprint density at radius 1 is 1.15 bits per heavy atom. The molecule has 2 amide bonds. The van der Waals surface area contributed by atoms with Crippen LogP contribution < -0.4 is 16.4 Å². The number of nitrogens with zero attached hydrogens (tertiary/aromatic N) is 8. The normalized spacial score (nSPS) is 14.4. The number of hydrogen-bond donors (Lipinski definition) is 3. The minimum atomic E-state index is -0.474. The van der Waals surface area contributed by atoms with Gasteiger partial charge in [0, 0.05) is 25.2 Å². The van der Waals surface area contributed by atoms with E-state index in [4.69, 9.17) is 4.42 Å². The number of nitrogens with one attached hydrogen (secondary N) is 3. The fourth-order valence-corrected chi connectivity index (χ4v) is 5.08. The van der Waals surface area contributed by atoms with Crippen LogP contribution in [0.15, 0.2) is 57.9 Å². The van der Waals surface area contributed by atoms with E-state index in [9.17, 15) is 14.4 Å². The van der Waals surface area contributed by atoms with Gasteiger partial charge in [-0.05, 0) is 52.9 Å². The first-order valence-electron chi connectivity index (χ1n) is 12.7. The third kappa shape index (κ3) is 4.28. The summed E-state index contributed by atoms with van der Waals surface area (Å²) in [5.74, 6) is -0.856. The maximum absolute atomic E-state index is 13.3. The molecule has 41 heavy (non-hydrogen) atoms. The van der Waals surface area contributed by atoms with Crippen molar-refractivity contribution in [3.05, 3.63) is 87.3 Å². The molecule has 4 heterocycles. The number of fused-ring (bicyclic) bond motifs is 3. The summed E-state index contributed by atoms with van der Waals surface area (Å²) in [6, 6.07) is 12.2. The van der Waals surface area contributed by atoms with Crippen LogP contribution in [0.25, 0.3) is 28.1 Å². The number of carbonyl (C=O) groups excluding carboxylic acids is 2. The van der Waals surface area contributed by atoms with Crippen LogP contribution in [0.3, 0.4) is 0 Å². The average molecular weight is 552 g/mol. The van der Waals surface area contributed by atoms with Gasteiger partial charge in [-0.1, -0.05) is 23.4 Å². The molecule has 1 aliphatic rings. The highest BCUT2D eigenvalue weighted by molar-refractivity contribution is 5.98. The van der Waals surface area contributed by atoms with E-state index in [0.29, 0.717) is 23.3 Å². The molecule has 0 saturated carbocycles. The van der Waals surface area contributed by atoms with Crippen molar-refractivity contribution in [1.82, 2.24) is 55.6 Å². The Labute approximate surface area is 229 Å². The Hall–Kier alpha value is -5.73. The summed E-state index contributed by atoms with van der Waals surface area (Å²) in [7, 11) is 1.61. The van der Waals surface area contributed by atoms with Gasteiger partial charge in [0.05, 0.1) is 17.8 Å². The standard InChI is InChI=1S/C26H21N11O4/c1-36-19-8-13(2-7-21(19)41-26(36)40)11-27-25(39)20-10-18(29-22-12-28-35-37(20)22)24(38)30-17-6-4-14-9-15(3-5-16(14)17)23-31-33-34-32-23/h2-3,5,7-10,12,17H,4,6,11H2,1H3,(H,27,39)(H,30,38)(H,31,32,33,34)/t17-/m0/s1. The maximum atomic E-state index is 13.3. The second-order valence-corrected chi connectivity index (χ2v) is 9.66. The summed E-state index contributed by atoms with van der Waals surface area (Å²) < 4.78 is 7.83. The first-order valence-corrected chi connectivity index (χ1v) is 12.7. The minimum Gasteiger partial charge on any atom is -0.408 e. The summed E-state index contributed by atoms with van der Waals surface area (Å²) in [6.45, 7) is 0.166. The molecule has 1 atom stereocenters. The quantitative estimate of drug-likeness (QED) is 0.270. The first-order chi connectivity index (χ1) is 19.9. The lowest BCUT2D eigenvalue weighted by atomic mass is 10.0. The van der Waals surface area contributed by atoms with E-state index in [1.165, 1.54) is 21.3 Å². The number of rotatable bonds is 6. The second kappa shape index (κ2) is 9.48. The van der Waals surface area contributed by atoms with Gasteiger partial charge in [0.25, 0.3) is 11.8 Å². The zero-order valence-corrected chi connectivity index (χ0v) is 21.5. The van der Waals surface area contributed by atoms with Crippen molar-refractivity contribution in [2.75, 3.05) is 0 Å². The van der Waals surface area contributed by atoms with Crippen LogP contribution in [0.4, 0.5) is 0 Å². The molecule has 1 aliphatic carbocycles. The Morgan fingerprint density at radius 3 is 2.90 bits per heavy atom. The lowest BCUT2D eigenvalue weighted by molar-refractivity contribution is 0.0931. The molecule has 0 aliphatic heterocycles. The van der Waals surface area contributed by atoms with Gasteiger partial charge in [0.1, 0.15) is 11.4 Å². The smallest absolute Gasteiger partial charge is 0.408 e. The zero-order chi connectivity index (χ0) is 28.1. The summed E-state index contributed by atoms with van der Waals surface area (Å²) in [5, 5.41) is 27.8. The number of H-pyrrole nitrogens is 1. The summed E-state index contributed by atoms with van der Waals surface area (Å²) in [5.41, 5.74) is 5.19. The van der Waals surface area contributed by atoms with Gasteiger partial charge in [-0.15, -0.1) is 15.3 Å². The molecule has 0 fully saturated rings. The van der Waals surface area contributed by atoms with Gasteiger partial charge in [-0.2, -0.15) is 9.73 Å². The van der Waals surface area contributed by atoms with Crippen LogP contribution in [0.2, 0.25) is 0 Å². The second-order valence-electron chi connectivity index (χ2n) is 9.66. The van der Waals surface area contributed by atoms with E-state index in [0.717, 1.165) is 28.7 Å². The lowest BCUT2D eigenvalue weighted by Crippen LogP contribution is -2.30. The monoisotopic (exact) mass is 551 g/mol. The zero-order valence-electron chi connectivity index (χ0n) is 21.5. The number of aryl methyl sites for hydroxylation is 2. The Bertz CT molecular complexity index is 2020. The van der Waals surface area contributed by atoms with Crippen LogP contribution in [0.5, 0.6) is 0 Å². The van der Waals surface area contributed by atoms with Crippen molar-refractivity contribution >= 4 is 28.6 Å². The van der Waals surface area contributed by atoms with Crippen molar-refractivity contribution in [3.8, 4) is 11.4 Å². The van der Waals surface area contributed by atoms with Crippen molar-refractivity contribution in [2.24, 2.45) is 7.05 Å². The van der Waals surface area contributed by atoms with Gasteiger partial charge < -0.3 is 15.1 Å². The molecule has 0 radical (unpaired) electrons. The predicted octanol–water partition coefficient (Wildman–Crippen LogP) is 1.10. The highest BCUT2D eigenvalue weighted by atomic mass is 16.4. The van der Waals surface area contributed by atoms with E-state index in [1.54, 1.807) is 25.2 Å². The Balaban J connectivity index is 1.10. The molecule has 0 unspecified atom stereocenters. The highest BCUT2D eigenvalue weighted by Crippen LogP contribution is 2.33. The van der Waals surface area contributed by atoms with Crippen molar-refractivity contribution < 1.29 is 14.0 Å². The number of amides is 2. The SMILES string of the molecule is Cn1c(=O)oc2ccc(CNC(=O)c3cc(C(=O)N[C@H]4CCc5cc(-c6nn[nH]n6)ccc54)nc4cnnn34)cc21. The summed E-state index contributed by atoms with van der Waals surface area (Å²) >= 11 is 0. The van der Waals surface area contributed by atoms with Crippen molar-refractivity contribution in [2.45, 2.75) is 25.4 Å². The number of carbonyl (C=O) groups is 2. The summed E-state index contributed by atoms with van der Waals surface area (Å²) in [4.78, 5) is 42.7. The van der Waals surface area contributed by atoms with E-state index >= 15 is 0 Å². The van der Waals surface area contributed by atoms with E-state index in [2.05, 4.69) is 46.6 Å². The number of aromatic amines is 1. The van der Waals surface area contributed by atoms with E-state index in [-0.39, 0.29) is 29.6 Å². The molecular weight excluding hydrogens is 530 g/mol. The van der Waals surface area contributed by atoms with E-state index in [1.807, 2.05) is 18.2 Å². The fraction of sp³-hybridized carbons (Fsp3) is 0.192. The van der Waals surface area contributed by atoms with Gasteiger partial charge in [-0.3, -0.25) is 14.2 Å². The van der Waals surface area contributed by atoms with Crippen LogP contribution in [-0.2, 0) is 20.0 Å². The van der Waals surface area contributed by atoms with Gasteiger partial charge in [-0.25, -0.2) is 9.78 Å². The molecule has 0 bridgehead atoms. The highest BCUT2D eigenvalue weighted by Gasteiger charge is 2.27. The average Bonchev–Trinajstić information content (AvgIpc) is 3.79. The number of oxazole rings is 1. The predicted molar refractivity (Wildman–Crippen MR) is 142 cm³/mol. The fourth-order valence-electron chi connectivity index (χ4n) is 5.08. The Kier molecular flexibility index (Phi) is 5.62. The third-order valence-electron chi connectivity index (χ3n) is 7.17. The largest absolute Gasteiger partial charge is 0.419 e. The molecule has 204 valence electrons. The number of benzene rings is 2. The molecule has 15 nitrogen and oxygen atoms in total. The molecule has 3 N–H and O–H groups in total. The van der Waals surface area contributed by atoms with Crippen LogP contribution in [0, 0.1) is 0 Å².